The van der Waals surface area contributed by atoms with Gasteiger partial charge < -0.3 is 15.7 Å². The Bertz CT molecular complexity index is 416. The van der Waals surface area contributed by atoms with E-state index in [1.807, 2.05) is 30.3 Å². The maximum absolute atomic E-state index is 12.5. The highest BCUT2D eigenvalue weighted by molar-refractivity contribution is 5.82. The van der Waals surface area contributed by atoms with Crippen LogP contribution in [0.15, 0.2) is 30.3 Å². The van der Waals surface area contributed by atoms with Crippen molar-refractivity contribution in [3.05, 3.63) is 35.9 Å². The molecule has 1 fully saturated rings. The van der Waals surface area contributed by atoms with E-state index in [4.69, 9.17) is 5.73 Å². The number of nitrogens with zero attached hydrogens (tertiary/aromatic N) is 1. The minimum Gasteiger partial charge on any atom is -0.395 e. The van der Waals surface area contributed by atoms with Crippen LogP contribution in [-0.2, 0) is 11.2 Å². The van der Waals surface area contributed by atoms with Crippen LogP contribution in [0.2, 0.25) is 0 Å². The van der Waals surface area contributed by atoms with Crippen molar-refractivity contribution in [3.63, 3.8) is 0 Å². The van der Waals surface area contributed by atoms with E-state index >= 15 is 0 Å². The van der Waals surface area contributed by atoms with Gasteiger partial charge in [-0.2, -0.15) is 0 Å². The van der Waals surface area contributed by atoms with E-state index < -0.39 is 6.04 Å². The molecule has 3 N–H and O–H groups in total. The molecule has 1 aromatic carbocycles. The van der Waals surface area contributed by atoms with Crippen molar-refractivity contribution in [3.8, 4) is 0 Å². The predicted octanol–water partition coefficient (Wildman–Crippen LogP) is 1.32. The van der Waals surface area contributed by atoms with Gasteiger partial charge in [0.15, 0.2) is 0 Å². The Morgan fingerprint density at radius 1 is 1.30 bits per heavy atom. The molecule has 20 heavy (non-hydrogen) atoms. The highest BCUT2D eigenvalue weighted by Crippen LogP contribution is 2.24. The Morgan fingerprint density at radius 2 is 1.95 bits per heavy atom. The van der Waals surface area contributed by atoms with E-state index in [1.54, 1.807) is 4.90 Å². The molecular formula is C16H24N2O2. The first-order valence-corrected chi connectivity index (χ1v) is 7.43. The van der Waals surface area contributed by atoms with Gasteiger partial charge in [0, 0.05) is 12.6 Å². The minimum atomic E-state index is -0.524. The largest absolute Gasteiger partial charge is 0.395 e. The lowest BCUT2D eigenvalue weighted by molar-refractivity contribution is -0.135. The monoisotopic (exact) mass is 276 g/mol. The summed E-state index contributed by atoms with van der Waals surface area (Å²) in [4.78, 5) is 14.3. The number of carbonyl (C=O) groups excluding carboxylic acids is 1. The van der Waals surface area contributed by atoms with Gasteiger partial charge >= 0.3 is 0 Å². The van der Waals surface area contributed by atoms with Gasteiger partial charge in [-0.3, -0.25) is 4.79 Å². The highest BCUT2D eigenvalue weighted by atomic mass is 16.3. The number of aliphatic hydroxyl groups is 1. The smallest absolute Gasteiger partial charge is 0.240 e. The number of amides is 1. The Labute approximate surface area is 120 Å². The lowest BCUT2D eigenvalue weighted by atomic mass is 10.0. The van der Waals surface area contributed by atoms with E-state index in [2.05, 4.69) is 0 Å². The molecule has 0 spiro atoms. The molecule has 4 nitrogen and oxygen atoms in total. The molecule has 0 heterocycles. The number of rotatable bonds is 6. The lowest BCUT2D eigenvalue weighted by Gasteiger charge is -2.30. The average molecular weight is 276 g/mol. The molecule has 1 saturated carbocycles. The van der Waals surface area contributed by atoms with Gasteiger partial charge in [0.05, 0.1) is 12.6 Å². The van der Waals surface area contributed by atoms with Crippen molar-refractivity contribution >= 4 is 5.91 Å². The van der Waals surface area contributed by atoms with Crippen molar-refractivity contribution in [2.45, 2.75) is 44.2 Å². The summed E-state index contributed by atoms with van der Waals surface area (Å²) >= 11 is 0. The van der Waals surface area contributed by atoms with Crippen molar-refractivity contribution in [1.82, 2.24) is 4.90 Å². The van der Waals surface area contributed by atoms with Crippen LogP contribution in [0.4, 0.5) is 0 Å². The zero-order chi connectivity index (χ0) is 14.4. The van der Waals surface area contributed by atoms with Crippen LogP contribution < -0.4 is 5.73 Å². The van der Waals surface area contributed by atoms with Gasteiger partial charge in [-0.05, 0) is 24.8 Å². The topological polar surface area (TPSA) is 66.6 Å². The summed E-state index contributed by atoms with van der Waals surface area (Å²) in [5.41, 5.74) is 7.15. The van der Waals surface area contributed by atoms with E-state index in [1.165, 1.54) is 0 Å². The number of hydrogen-bond acceptors (Lipinski definition) is 3. The number of benzene rings is 1. The molecule has 2 rings (SSSR count). The zero-order valence-electron chi connectivity index (χ0n) is 11.9. The molecule has 110 valence electrons. The first-order valence-electron chi connectivity index (χ1n) is 7.43. The fourth-order valence-electron chi connectivity index (χ4n) is 2.96. The van der Waals surface area contributed by atoms with Crippen LogP contribution in [0.25, 0.3) is 0 Å². The summed E-state index contributed by atoms with van der Waals surface area (Å²) in [6.45, 7) is 0.395. The molecule has 1 amide bonds. The molecule has 0 aliphatic heterocycles. The van der Waals surface area contributed by atoms with Crippen molar-refractivity contribution < 1.29 is 9.90 Å². The molecule has 0 bridgehead atoms. The fraction of sp³-hybridized carbons (Fsp3) is 0.562. The first kappa shape index (κ1) is 15.0. The van der Waals surface area contributed by atoms with E-state index in [9.17, 15) is 9.90 Å². The Hall–Kier alpha value is -1.39. The summed E-state index contributed by atoms with van der Waals surface area (Å²) in [5.74, 6) is -0.0326. The van der Waals surface area contributed by atoms with E-state index in [0.29, 0.717) is 13.0 Å². The third kappa shape index (κ3) is 3.81. The quantitative estimate of drug-likeness (QED) is 0.823. The van der Waals surface area contributed by atoms with Gasteiger partial charge in [-0.1, -0.05) is 43.2 Å². The van der Waals surface area contributed by atoms with Crippen LogP contribution in [0.3, 0.4) is 0 Å². The third-order valence-corrected chi connectivity index (χ3v) is 4.01. The molecule has 0 aromatic heterocycles. The van der Waals surface area contributed by atoms with Crippen LogP contribution in [0, 0.1) is 0 Å². The summed E-state index contributed by atoms with van der Waals surface area (Å²) in [5, 5.41) is 9.18. The molecule has 0 radical (unpaired) electrons. The summed E-state index contributed by atoms with van der Waals surface area (Å²) in [7, 11) is 0. The number of nitrogens with two attached hydrogens (primary N) is 1. The number of hydrogen-bond donors (Lipinski definition) is 2. The molecule has 1 aliphatic carbocycles. The maximum atomic E-state index is 12.5. The molecule has 1 atom stereocenters. The second-order valence-electron chi connectivity index (χ2n) is 5.49. The average Bonchev–Trinajstić information content (AvgIpc) is 2.99. The second kappa shape index (κ2) is 7.41. The van der Waals surface area contributed by atoms with Crippen LogP contribution in [-0.4, -0.2) is 41.1 Å². The normalized spacial score (nSPS) is 17.1. The second-order valence-corrected chi connectivity index (χ2v) is 5.49. The molecule has 0 unspecified atom stereocenters. The van der Waals surface area contributed by atoms with Gasteiger partial charge in [0.1, 0.15) is 0 Å². The highest BCUT2D eigenvalue weighted by Gasteiger charge is 2.29. The number of aliphatic hydroxyl groups excluding tert-OH is 1. The zero-order valence-corrected chi connectivity index (χ0v) is 11.9. The molecule has 4 heteroatoms. The van der Waals surface area contributed by atoms with Crippen LogP contribution in [0.5, 0.6) is 0 Å². The lowest BCUT2D eigenvalue weighted by Crippen LogP contribution is -2.49. The summed E-state index contributed by atoms with van der Waals surface area (Å²) in [6.07, 6.45) is 4.93. The molecular weight excluding hydrogens is 252 g/mol. The van der Waals surface area contributed by atoms with Crippen LogP contribution in [0.1, 0.15) is 31.2 Å². The van der Waals surface area contributed by atoms with Crippen LogP contribution >= 0.6 is 0 Å². The van der Waals surface area contributed by atoms with E-state index in [0.717, 1.165) is 31.2 Å². The molecule has 1 aliphatic rings. The SMILES string of the molecule is N[C@H](Cc1ccccc1)C(=O)N(CCO)C1CCCC1. The fourth-order valence-corrected chi connectivity index (χ4v) is 2.96. The standard InChI is InChI=1S/C16H24N2O2/c17-15(12-13-6-2-1-3-7-13)16(20)18(10-11-19)14-8-4-5-9-14/h1-3,6-7,14-15,19H,4-5,8-12,17H2/t15-/m1/s1. The van der Waals surface area contributed by atoms with Gasteiger partial charge in [0.25, 0.3) is 0 Å². The molecule has 1 aromatic rings. The Morgan fingerprint density at radius 3 is 2.55 bits per heavy atom. The van der Waals surface area contributed by atoms with Gasteiger partial charge in [0.2, 0.25) is 5.91 Å². The van der Waals surface area contributed by atoms with Gasteiger partial charge in [-0.15, -0.1) is 0 Å². The summed E-state index contributed by atoms with van der Waals surface area (Å²) < 4.78 is 0. The summed E-state index contributed by atoms with van der Waals surface area (Å²) in [6, 6.07) is 9.57. The molecule has 0 saturated heterocycles. The first-order chi connectivity index (χ1) is 9.72. The van der Waals surface area contributed by atoms with E-state index in [-0.39, 0.29) is 18.6 Å². The van der Waals surface area contributed by atoms with Crippen molar-refractivity contribution in [2.24, 2.45) is 5.73 Å². The third-order valence-electron chi connectivity index (χ3n) is 4.01. The van der Waals surface area contributed by atoms with Gasteiger partial charge in [-0.25, -0.2) is 0 Å². The maximum Gasteiger partial charge on any atom is 0.240 e. The number of carbonyl (C=O) groups is 1. The predicted molar refractivity (Wildman–Crippen MR) is 79.2 cm³/mol. The Kier molecular flexibility index (Phi) is 5.56. The Balaban J connectivity index is 1.99. The van der Waals surface area contributed by atoms with Crippen molar-refractivity contribution in [2.75, 3.05) is 13.2 Å². The minimum absolute atomic E-state index is 0.000295. The van der Waals surface area contributed by atoms with Crippen molar-refractivity contribution in [1.29, 1.82) is 0 Å².